The molecule has 0 bridgehead atoms. The van der Waals surface area contributed by atoms with E-state index < -0.39 is 5.76 Å². The van der Waals surface area contributed by atoms with E-state index in [2.05, 4.69) is 5.10 Å². The van der Waals surface area contributed by atoms with Gasteiger partial charge in [-0.05, 0) is 24.3 Å². The summed E-state index contributed by atoms with van der Waals surface area (Å²) in [5.74, 6) is -0.177. The summed E-state index contributed by atoms with van der Waals surface area (Å²) in [4.78, 5) is 11.0. The van der Waals surface area contributed by atoms with E-state index in [9.17, 15) is 4.79 Å². The van der Waals surface area contributed by atoms with Gasteiger partial charge in [-0.3, -0.25) is 0 Å². The third-order valence-electron chi connectivity index (χ3n) is 1.78. The number of nitrogens with zero attached hydrogens (tertiary/aromatic N) is 2. The monoisotopic (exact) mass is 210 g/mol. The highest BCUT2D eigenvalue weighted by Gasteiger charge is 2.06. The van der Waals surface area contributed by atoms with Gasteiger partial charge >= 0.3 is 5.76 Å². The number of aryl methyl sites for hydroxylation is 1. The van der Waals surface area contributed by atoms with Gasteiger partial charge in [0.2, 0.25) is 5.89 Å². The molecule has 0 N–H and O–H groups in total. The first-order chi connectivity index (χ1) is 6.66. The minimum Gasteiger partial charge on any atom is -0.388 e. The highest BCUT2D eigenvalue weighted by Crippen LogP contribution is 2.17. The molecule has 4 nitrogen and oxygen atoms in total. The van der Waals surface area contributed by atoms with Crippen LogP contribution in [0.2, 0.25) is 5.02 Å². The maximum absolute atomic E-state index is 11.0. The van der Waals surface area contributed by atoms with Crippen LogP contribution in [0.4, 0.5) is 0 Å². The Morgan fingerprint density at radius 2 is 2.00 bits per heavy atom. The van der Waals surface area contributed by atoms with Crippen molar-refractivity contribution >= 4 is 11.6 Å². The van der Waals surface area contributed by atoms with Gasteiger partial charge in [0.05, 0.1) is 0 Å². The normalized spacial score (nSPS) is 10.4. The fourth-order valence-electron chi connectivity index (χ4n) is 1.06. The molecule has 0 radical (unpaired) electrons. The first kappa shape index (κ1) is 9.02. The van der Waals surface area contributed by atoms with E-state index in [1.807, 2.05) is 0 Å². The molecule has 0 amide bonds. The van der Waals surface area contributed by atoms with Crippen molar-refractivity contribution in [3.63, 3.8) is 0 Å². The van der Waals surface area contributed by atoms with Crippen molar-refractivity contribution in [2.24, 2.45) is 7.05 Å². The van der Waals surface area contributed by atoms with Crippen LogP contribution in [-0.4, -0.2) is 9.78 Å². The number of halogens is 1. The van der Waals surface area contributed by atoms with E-state index in [1.165, 1.54) is 7.05 Å². The van der Waals surface area contributed by atoms with E-state index in [1.54, 1.807) is 24.3 Å². The van der Waals surface area contributed by atoms with Crippen LogP contribution >= 0.6 is 11.6 Å². The molecule has 0 saturated carbocycles. The lowest BCUT2D eigenvalue weighted by atomic mass is 10.2. The molecule has 1 aromatic heterocycles. The van der Waals surface area contributed by atoms with Crippen molar-refractivity contribution in [2.45, 2.75) is 0 Å². The fraction of sp³-hybridized carbons (Fsp3) is 0.111. The second-order valence-electron chi connectivity index (χ2n) is 2.80. The van der Waals surface area contributed by atoms with Crippen molar-refractivity contribution < 1.29 is 4.42 Å². The minimum atomic E-state index is -0.477. The van der Waals surface area contributed by atoms with E-state index >= 15 is 0 Å². The van der Waals surface area contributed by atoms with Gasteiger partial charge in [0.1, 0.15) is 0 Å². The van der Waals surface area contributed by atoms with Gasteiger partial charge in [-0.1, -0.05) is 11.6 Å². The van der Waals surface area contributed by atoms with E-state index in [0.29, 0.717) is 10.9 Å². The maximum atomic E-state index is 11.0. The molecule has 0 fully saturated rings. The van der Waals surface area contributed by atoms with Gasteiger partial charge < -0.3 is 4.42 Å². The van der Waals surface area contributed by atoms with Gasteiger partial charge in [0.15, 0.2) is 0 Å². The SMILES string of the molecule is Cn1nc(-c2ccc(Cl)cc2)oc1=O. The summed E-state index contributed by atoms with van der Waals surface area (Å²) < 4.78 is 6.04. The van der Waals surface area contributed by atoms with E-state index in [0.717, 1.165) is 10.2 Å². The van der Waals surface area contributed by atoms with Crippen LogP contribution in [0.3, 0.4) is 0 Å². The molecule has 2 rings (SSSR count). The third-order valence-corrected chi connectivity index (χ3v) is 2.03. The van der Waals surface area contributed by atoms with Crippen molar-refractivity contribution in [2.75, 3.05) is 0 Å². The van der Waals surface area contributed by atoms with Gasteiger partial charge in [-0.25, -0.2) is 4.79 Å². The number of benzene rings is 1. The molecule has 0 aliphatic rings. The van der Waals surface area contributed by atoms with Crippen LogP contribution in [0.5, 0.6) is 0 Å². The second kappa shape index (κ2) is 3.31. The molecule has 72 valence electrons. The van der Waals surface area contributed by atoms with E-state index in [4.69, 9.17) is 16.0 Å². The van der Waals surface area contributed by atoms with Crippen LogP contribution in [0.15, 0.2) is 33.5 Å². The predicted molar refractivity (Wildman–Crippen MR) is 52.2 cm³/mol. The maximum Gasteiger partial charge on any atom is 0.437 e. The average molecular weight is 211 g/mol. The number of rotatable bonds is 1. The molecule has 1 aromatic carbocycles. The summed E-state index contributed by atoms with van der Waals surface area (Å²) in [7, 11) is 1.53. The predicted octanol–water partition coefficient (Wildman–Crippen LogP) is 1.69. The summed E-state index contributed by atoms with van der Waals surface area (Å²) >= 11 is 5.72. The Bertz CT molecular complexity index is 498. The van der Waals surface area contributed by atoms with Gasteiger partial charge in [-0.2, -0.15) is 4.68 Å². The molecule has 14 heavy (non-hydrogen) atoms. The Balaban J connectivity index is 2.49. The first-order valence-electron chi connectivity index (χ1n) is 3.97. The molecule has 0 saturated heterocycles. The van der Waals surface area contributed by atoms with Crippen molar-refractivity contribution in [1.82, 2.24) is 9.78 Å². The van der Waals surface area contributed by atoms with Gasteiger partial charge in [0.25, 0.3) is 0 Å². The van der Waals surface area contributed by atoms with Crippen LogP contribution in [0, 0.1) is 0 Å². The second-order valence-corrected chi connectivity index (χ2v) is 3.24. The zero-order valence-electron chi connectivity index (χ0n) is 7.40. The Kier molecular flexibility index (Phi) is 2.13. The van der Waals surface area contributed by atoms with E-state index in [-0.39, 0.29) is 0 Å². The Labute approximate surface area is 84.7 Å². The van der Waals surface area contributed by atoms with Crippen LogP contribution in [-0.2, 0) is 7.05 Å². The summed E-state index contributed by atoms with van der Waals surface area (Å²) in [6, 6.07) is 6.92. The third kappa shape index (κ3) is 1.56. The molecule has 5 heteroatoms. The smallest absolute Gasteiger partial charge is 0.388 e. The molecule has 0 spiro atoms. The van der Waals surface area contributed by atoms with Crippen LogP contribution < -0.4 is 5.76 Å². The summed E-state index contributed by atoms with van der Waals surface area (Å²) in [5, 5.41) is 4.54. The molecule has 1 heterocycles. The van der Waals surface area contributed by atoms with Crippen LogP contribution in [0.1, 0.15) is 0 Å². The Morgan fingerprint density at radius 1 is 1.36 bits per heavy atom. The fourth-order valence-corrected chi connectivity index (χ4v) is 1.18. The summed E-state index contributed by atoms with van der Waals surface area (Å²) in [6.07, 6.45) is 0. The lowest BCUT2D eigenvalue weighted by Gasteiger charge is -1.93. The molecule has 0 aliphatic heterocycles. The topological polar surface area (TPSA) is 48.0 Å². The molecule has 2 aromatic rings. The van der Waals surface area contributed by atoms with Gasteiger partial charge in [0, 0.05) is 17.6 Å². The summed E-state index contributed by atoms with van der Waals surface area (Å²) in [6.45, 7) is 0. The Morgan fingerprint density at radius 3 is 2.50 bits per heavy atom. The standard InChI is InChI=1S/C9H7ClN2O2/c1-12-9(13)14-8(11-12)6-2-4-7(10)5-3-6/h2-5H,1H3. The van der Waals surface area contributed by atoms with Gasteiger partial charge in [-0.15, -0.1) is 5.10 Å². The quantitative estimate of drug-likeness (QED) is 0.720. The molecule has 0 unspecified atom stereocenters. The molecule has 0 aliphatic carbocycles. The number of hydrogen-bond acceptors (Lipinski definition) is 3. The minimum absolute atomic E-state index is 0.300. The van der Waals surface area contributed by atoms with Crippen LogP contribution in [0.25, 0.3) is 11.5 Å². The highest BCUT2D eigenvalue weighted by molar-refractivity contribution is 6.30. The zero-order valence-corrected chi connectivity index (χ0v) is 8.15. The lowest BCUT2D eigenvalue weighted by molar-refractivity contribution is 0.505. The van der Waals surface area contributed by atoms with Crippen molar-refractivity contribution in [3.8, 4) is 11.5 Å². The molecule has 0 atom stereocenters. The first-order valence-corrected chi connectivity index (χ1v) is 4.35. The van der Waals surface area contributed by atoms with Crippen molar-refractivity contribution in [1.29, 1.82) is 0 Å². The zero-order chi connectivity index (χ0) is 10.1. The average Bonchev–Trinajstić information content (AvgIpc) is 2.48. The number of hydrogen-bond donors (Lipinski definition) is 0. The summed E-state index contributed by atoms with van der Waals surface area (Å²) in [5.41, 5.74) is 0.729. The molecular weight excluding hydrogens is 204 g/mol. The number of aromatic nitrogens is 2. The Hall–Kier alpha value is -1.55. The van der Waals surface area contributed by atoms with Crippen molar-refractivity contribution in [3.05, 3.63) is 39.8 Å². The largest absolute Gasteiger partial charge is 0.437 e. The molecular formula is C9H7ClN2O2. The lowest BCUT2D eigenvalue weighted by Crippen LogP contribution is -2.09. The highest BCUT2D eigenvalue weighted by atomic mass is 35.5.